The average Bonchev–Trinajstić information content (AvgIpc) is 2.70. The first-order valence-corrected chi connectivity index (χ1v) is 7.12. The molecule has 0 aliphatic carbocycles. The summed E-state index contributed by atoms with van der Waals surface area (Å²) in [4.78, 5) is 0. The molecule has 0 saturated carbocycles. The first kappa shape index (κ1) is 15.0. The Kier molecular flexibility index (Phi) is 3.92. The van der Waals surface area contributed by atoms with Crippen LogP contribution in [0.25, 0.3) is 11.0 Å². The minimum absolute atomic E-state index is 0.0756. The highest BCUT2D eigenvalue weighted by atomic mass is 19.1. The molecule has 0 atom stereocenters. The summed E-state index contributed by atoms with van der Waals surface area (Å²) in [5.41, 5.74) is 0.791. The van der Waals surface area contributed by atoms with Crippen LogP contribution in [0.4, 0.5) is 4.39 Å². The highest BCUT2D eigenvalue weighted by Crippen LogP contribution is 2.32. The van der Waals surface area contributed by atoms with Gasteiger partial charge in [-0.15, -0.1) is 0 Å². The lowest BCUT2D eigenvalue weighted by molar-refractivity contribution is 0.341. The van der Waals surface area contributed by atoms with Crippen LogP contribution in [-0.2, 0) is 5.41 Å². The Morgan fingerprint density at radius 1 is 1.10 bits per heavy atom. The van der Waals surface area contributed by atoms with Gasteiger partial charge in [-0.3, -0.25) is 0 Å². The molecule has 1 N–H and O–H groups in total. The van der Waals surface area contributed by atoms with Crippen molar-refractivity contribution in [3.63, 3.8) is 0 Å². The summed E-state index contributed by atoms with van der Waals surface area (Å²) in [6, 6.07) is 6.60. The smallest absolute Gasteiger partial charge is 0.134 e. The van der Waals surface area contributed by atoms with Gasteiger partial charge in [0.2, 0.25) is 0 Å². The second-order valence-electron chi connectivity index (χ2n) is 7.10. The normalized spacial score (nSPS) is 13.1. The van der Waals surface area contributed by atoms with E-state index >= 15 is 0 Å². The molecule has 0 unspecified atom stereocenters. The van der Waals surface area contributed by atoms with Crippen LogP contribution in [0.15, 0.2) is 28.7 Å². The van der Waals surface area contributed by atoms with E-state index in [0.29, 0.717) is 0 Å². The number of benzene rings is 1. The molecule has 0 saturated heterocycles. The number of nitrogens with one attached hydrogen (secondary N) is 1. The maximum Gasteiger partial charge on any atom is 0.134 e. The highest BCUT2D eigenvalue weighted by Gasteiger charge is 2.25. The minimum atomic E-state index is -0.225. The van der Waals surface area contributed by atoms with Crippen LogP contribution in [0.3, 0.4) is 0 Å². The summed E-state index contributed by atoms with van der Waals surface area (Å²) in [6.45, 7) is 11.7. The number of furan rings is 1. The Labute approximate surface area is 120 Å². The molecule has 0 aliphatic heterocycles. The van der Waals surface area contributed by atoms with E-state index < -0.39 is 0 Å². The molecule has 0 spiro atoms. The van der Waals surface area contributed by atoms with E-state index in [4.69, 9.17) is 4.42 Å². The van der Waals surface area contributed by atoms with Crippen molar-refractivity contribution >= 4 is 11.0 Å². The predicted molar refractivity (Wildman–Crippen MR) is 81.6 cm³/mol. The quantitative estimate of drug-likeness (QED) is 0.881. The Balaban J connectivity index is 2.14. The lowest BCUT2D eigenvalue weighted by Crippen LogP contribution is -2.38. The molecule has 3 heteroatoms. The third kappa shape index (κ3) is 3.60. The maximum atomic E-state index is 13.2. The van der Waals surface area contributed by atoms with E-state index in [0.717, 1.165) is 29.7 Å². The zero-order chi connectivity index (χ0) is 15.0. The van der Waals surface area contributed by atoms with Gasteiger partial charge in [-0.05, 0) is 58.0 Å². The van der Waals surface area contributed by atoms with Crippen molar-refractivity contribution < 1.29 is 8.81 Å². The van der Waals surface area contributed by atoms with E-state index in [1.54, 1.807) is 6.07 Å². The Morgan fingerprint density at radius 3 is 2.45 bits per heavy atom. The van der Waals surface area contributed by atoms with Gasteiger partial charge < -0.3 is 9.73 Å². The standard InChI is InChI=1S/C17H24FNO/c1-16(2,3)19-9-8-17(4,5)15-11-12-10-13(18)6-7-14(12)20-15/h6-7,10-11,19H,8-9H2,1-5H3. The zero-order valence-corrected chi connectivity index (χ0v) is 13.0. The molecule has 1 heterocycles. The van der Waals surface area contributed by atoms with Crippen molar-refractivity contribution in [3.8, 4) is 0 Å². The van der Waals surface area contributed by atoms with Crippen LogP contribution >= 0.6 is 0 Å². The van der Waals surface area contributed by atoms with Gasteiger partial charge >= 0.3 is 0 Å². The second kappa shape index (κ2) is 5.21. The monoisotopic (exact) mass is 277 g/mol. The lowest BCUT2D eigenvalue weighted by atomic mass is 9.86. The number of hydrogen-bond acceptors (Lipinski definition) is 2. The van der Waals surface area contributed by atoms with E-state index in [1.165, 1.54) is 12.1 Å². The van der Waals surface area contributed by atoms with Gasteiger partial charge in [0.05, 0.1) is 0 Å². The number of hydrogen-bond donors (Lipinski definition) is 1. The molecule has 2 rings (SSSR count). The molecule has 20 heavy (non-hydrogen) atoms. The fourth-order valence-electron chi connectivity index (χ4n) is 2.22. The fourth-order valence-corrected chi connectivity index (χ4v) is 2.22. The van der Waals surface area contributed by atoms with Crippen LogP contribution < -0.4 is 5.32 Å². The lowest BCUT2D eigenvalue weighted by Gasteiger charge is -2.26. The topological polar surface area (TPSA) is 25.2 Å². The van der Waals surface area contributed by atoms with Gasteiger partial charge in [0.1, 0.15) is 17.2 Å². The summed E-state index contributed by atoms with van der Waals surface area (Å²) >= 11 is 0. The van der Waals surface area contributed by atoms with Gasteiger partial charge in [0, 0.05) is 16.3 Å². The van der Waals surface area contributed by atoms with Crippen molar-refractivity contribution in [2.45, 2.75) is 52.0 Å². The first-order chi connectivity index (χ1) is 9.17. The molecule has 2 nitrogen and oxygen atoms in total. The van der Waals surface area contributed by atoms with Gasteiger partial charge in [-0.25, -0.2) is 4.39 Å². The summed E-state index contributed by atoms with van der Waals surface area (Å²) in [6.07, 6.45) is 0.965. The summed E-state index contributed by atoms with van der Waals surface area (Å²) in [7, 11) is 0. The van der Waals surface area contributed by atoms with Crippen molar-refractivity contribution in [3.05, 3.63) is 35.8 Å². The molecule has 0 aliphatic rings. The predicted octanol–water partition coefficient (Wildman–Crippen LogP) is 4.63. The van der Waals surface area contributed by atoms with E-state index in [9.17, 15) is 4.39 Å². The Hall–Kier alpha value is -1.35. The molecule has 110 valence electrons. The van der Waals surface area contributed by atoms with Crippen molar-refractivity contribution in [2.24, 2.45) is 0 Å². The van der Waals surface area contributed by atoms with Crippen LogP contribution in [0, 0.1) is 5.82 Å². The van der Waals surface area contributed by atoms with Crippen molar-refractivity contribution in [1.29, 1.82) is 0 Å². The summed E-state index contributed by atoms with van der Waals surface area (Å²) in [5.74, 6) is 0.686. The highest BCUT2D eigenvalue weighted by molar-refractivity contribution is 5.78. The number of fused-ring (bicyclic) bond motifs is 1. The van der Waals surface area contributed by atoms with E-state index in [2.05, 4.69) is 39.9 Å². The molecule has 0 bridgehead atoms. The van der Waals surface area contributed by atoms with Gasteiger partial charge in [-0.1, -0.05) is 13.8 Å². The number of halogens is 1. The Morgan fingerprint density at radius 2 is 1.80 bits per heavy atom. The van der Waals surface area contributed by atoms with Gasteiger partial charge in [0.25, 0.3) is 0 Å². The second-order valence-corrected chi connectivity index (χ2v) is 7.10. The van der Waals surface area contributed by atoms with Crippen molar-refractivity contribution in [2.75, 3.05) is 6.54 Å². The van der Waals surface area contributed by atoms with Crippen molar-refractivity contribution in [1.82, 2.24) is 5.32 Å². The van der Waals surface area contributed by atoms with Gasteiger partial charge in [0.15, 0.2) is 0 Å². The molecule has 0 radical (unpaired) electrons. The molecule has 0 fully saturated rings. The third-order valence-corrected chi connectivity index (χ3v) is 3.55. The van der Waals surface area contributed by atoms with Crippen LogP contribution in [0.1, 0.15) is 46.8 Å². The molecule has 0 amide bonds. The van der Waals surface area contributed by atoms with E-state index in [1.807, 2.05) is 6.07 Å². The molecular formula is C17H24FNO. The zero-order valence-electron chi connectivity index (χ0n) is 13.0. The minimum Gasteiger partial charge on any atom is -0.461 e. The first-order valence-electron chi connectivity index (χ1n) is 7.12. The van der Waals surface area contributed by atoms with Crippen LogP contribution in [0.2, 0.25) is 0 Å². The summed E-state index contributed by atoms with van der Waals surface area (Å²) in [5, 5.41) is 4.32. The largest absolute Gasteiger partial charge is 0.461 e. The van der Waals surface area contributed by atoms with Gasteiger partial charge in [-0.2, -0.15) is 0 Å². The average molecular weight is 277 g/mol. The SMILES string of the molecule is CC(C)(C)NCCC(C)(C)c1cc2cc(F)ccc2o1. The third-order valence-electron chi connectivity index (χ3n) is 3.55. The molecular weight excluding hydrogens is 253 g/mol. The molecule has 1 aromatic carbocycles. The fraction of sp³-hybridized carbons (Fsp3) is 0.529. The Bertz CT molecular complexity index is 593. The number of rotatable bonds is 4. The molecule has 1 aromatic heterocycles. The maximum absolute atomic E-state index is 13.2. The van der Waals surface area contributed by atoms with E-state index in [-0.39, 0.29) is 16.8 Å². The van der Waals surface area contributed by atoms with Crippen LogP contribution in [-0.4, -0.2) is 12.1 Å². The molecule has 2 aromatic rings. The summed E-state index contributed by atoms with van der Waals surface area (Å²) < 4.78 is 19.1. The van der Waals surface area contributed by atoms with Crippen LogP contribution in [0.5, 0.6) is 0 Å².